The maximum atomic E-state index is 12.8. The highest BCUT2D eigenvalue weighted by Gasteiger charge is 2.37. The van der Waals surface area contributed by atoms with Crippen LogP contribution in [0.25, 0.3) is 0 Å². The zero-order valence-corrected chi connectivity index (χ0v) is 17.2. The predicted octanol–water partition coefficient (Wildman–Crippen LogP) is 3.89. The van der Waals surface area contributed by atoms with Gasteiger partial charge >= 0.3 is 12.6 Å². The summed E-state index contributed by atoms with van der Waals surface area (Å²) in [6.07, 6.45) is 4.30. The average molecular weight is 422 g/mol. The van der Waals surface area contributed by atoms with Gasteiger partial charge in [0.2, 0.25) is 0 Å². The molecule has 0 spiro atoms. The number of esters is 1. The molecule has 0 atom stereocenters. The minimum atomic E-state index is -2.95. The molecule has 3 rings (SSSR count). The molecule has 1 heterocycles. The molecule has 2 fully saturated rings. The molecule has 8 heteroatoms. The van der Waals surface area contributed by atoms with Crippen LogP contribution in [0.5, 0.6) is 11.5 Å². The fourth-order valence-corrected chi connectivity index (χ4v) is 3.80. The Morgan fingerprint density at radius 1 is 1.30 bits per heavy atom. The van der Waals surface area contributed by atoms with Gasteiger partial charge in [0.25, 0.3) is 0 Å². The van der Waals surface area contributed by atoms with Gasteiger partial charge in [-0.1, -0.05) is 18.9 Å². The number of halogens is 2. The molecule has 1 aromatic carbocycles. The van der Waals surface area contributed by atoms with Crippen molar-refractivity contribution in [3.05, 3.63) is 23.8 Å². The third-order valence-corrected chi connectivity index (χ3v) is 5.77. The smallest absolute Gasteiger partial charge is 0.387 e. The van der Waals surface area contributed by atoms with Crippen molar-refractivity contribution >= 4 is 5.97 Å². The molecule has 0 amide bonds. The van der Waals surface area contributed by atoms with Crippen LogP contribution in [0, 0.1) is 17.2 Å². The zero-order valence-electron chi connectivity index (χ0n) is 17.2. The molecule has 30 heavy (non-hydrogen) atoms. The van der Waals surface area contributed by atoms with Crippen molar-refractivity contribution in [2.24, 2.45) is 5.92 Å². The highest BCUT2D eigenvalue weighted by Crippen LogP contribution is 2.40. The van der Waals surface area contributed by atoms with Gasteiger partial charge < -0.3 is 14.2 Å². The van der Waals surface area contributed by atoms with Crippen LogP contribution >= 0.6 is 0 Å². The molecule has 2 aliphatic rings. The maximum absolute atomic E-state index is 12.8. The molecule has 1 aliphatic heterocycles. The monoisotopic (exact) mass is 422 g/mol. The van der Waals surface area contributed by atoms with Crippen LogP contribution in [-0.4, -0.2) is 50.3 Å². The van der Waals surface area contributed by atoms with E-state index in [0.29, 0.717) is 45.1 Å². The van der Waals surface area contributed by atoms with Gasteiger partial charge in [-0.05, 0) is 49.8 Å². The first kappa shape index (κ1) is 22.3. The number of benzene rings is 1. The van der Waals surface area contributed by atoms with Gasteiger partial charge in [0.05, 0.1) is 31.2 Å². The maximum Gasteiger partial charge on any atom is 0.387 e. The molecule has 6 nitrogen and oxygen atoms in total. The normalized spacial score (nSPS) is 18.6. The molecular weight excluding hydrogens is 394 g/mol. The zero-order chi connectivity index (χ0) is 21.6. The molecule has 1 saturated heterocycles. The Kier molecular flexibility index (Phi) is 7.48. The van der Waals surface area contributed by atoms with E-state index in [2.05, 4.69) is 10.8 Å². The topological polar surface area (TPSA) is 71.8 Å². The number of hydrogen-bond acceptors (Lipinski definition) is 6. The minimum Gasteiger partial charge on any atom is -0.490 e. The fourth-order valence-electron chi connectivity index (χ4n) is 3.80. The fraction of sp³-hybridized carbons (Fsp3) is 0.636. The van der Waals surface area contributed by atoms with E-state index < -0.39 is 12.0 Å². The first-order valence-electron chi connectivity index (χ1n) is 10.5. The summed E-state index contributed by atoms with van der Waals surface area (Å²) in [7, 11) is 0. The standard InChI is InChI=1S/C22H28F2N2O4/c1-2-28-20(27)14-26-10-8-22(15-25,9-11-26)17-5-6-18(30-21(23)24)19(13-17)29-12-7-16-3-4-16/h5-6,13,16,21H,2-4,7-12,14H2,1H3. The van der Waals surface area contributed by atoms with Crippen molar-refractivity contribution in [3.63, 3.8) is 0 Å². The van der Waals surface area contributed by atoms with Gasteiger partial charge in [0.15, 0.2) is 11.5 Å². The highest BCUT2D eigenvalue weighted by atomic mass is 19.3. The highest BCUT2D eigenvalue weighted by molar-refractivity contribution is 5.71. The van der Waals surface area contributed by atoms with Crippen molar-refractivity contribution in [2.75, 3.05) is 32.8 Å². The van der Waals surface area contributed by atoms with Crippen LogP contribution < -0.4 is 9.47 Å². The minimum absolute atomic E-state index is 0.0163. The molecule has 0 aromatic heterocycles. The lowest BCUT2D eigenvalue weighted by Gasteiger charge is -2.37. The van der Waals surface area contributed by atoms with Gasteiger partial charge in [0, 0.05) is 13.1 Å². The van der Waals surface area contributed by atoms with Crippen molar-refractivity contribution in [3.8, 4) is 17.6 Å². The van der Waals surface area contributed by atoms with Crippen LogP contribution in [0.15, 0.2) is 18.2 Å². The second-order valence-electron chi connectivity index (χ2n) is 7.90. The molecule has 0 N–H and O–H groups in total. The predicted molar refractivity (Wildman–Crippen MR) is 106 cm³/mol. The van der Waals surface area contributed by atoms with Crippen molar-refractivity contribution in [2.45, 2.75) is 51.1 Å². The van der Waals surface area contributed by atoms with Crippen molar-refractivity contribution in [1.82, 2.24) is 4.90 Å². The second kappa shape index (κ2) is 10.1. The summed E-state index contributed by atoms with van der Waals surface area (Å²) in [4.78, 5) is 13.7. The van der Waals surface area contributed by atoms with E-state index in [1.807, 2.05) is 4.90 Å². The number of carbonyl (C=O) groups excluding carboxylic acids is 1. The summed E-state index contributed by atoms with van der Waals surface area (Å²) < 4.78 is 40.9. The van der Waals surface area contributed by atoms with Crippen LogP contribution in [0.3, 0.4) is 0 Å². The number of carbonyl (C=O) groups is 1. The molecule has 0 bridgehead atoms. The third-order valence-electron chi connectivity index (χ3n) is 5.77. The Bertz CT molecular complexity index is 769. The number of piperidine rings is 1. The van der Waals surface area contributed by atoms with Gasteiger partial charge in [-0.2, -0.15) is 14.0 Å². The SMILES string of the molecule is CCOC(=O)CN1CCC(C#N)(c2ccc(OC(F)F)c(OCCC3CC3)c2)CC1. The molecular formula is C22H28F2N2O4. The van der Waals surface area contributed by atoms with E-state index in [1.54, 1.807) is 19.1 Å². The van der Waals surface area contributed by atoms with Crippen LogP contribution in [0.2, 0.25) is 0 Å². The summed E-state index contributed by atoms with van der Waals surface area (Å²) in [5.41, 5.74) is -0.0350. The largest absolute Gasteiger partial charge is 0.490 e. The lowest BCUT2D eigenvalue weighted by molar-refractivity contribution is -0.144. The van der Waals surface area contributed by atoms with E-state index >= 15 is 0 Å². The van der Waals surface area contributed by atoms with Gasteiger partial charge in [-0.15, -0.1) is 0 Å². The lowest BCUT2D eigenvalue weighted by atomic mass is 9.74. The Morgan fingerprint density at radius 3 is 2.63 bits per heavy atom. The van der Waals surface area contributed by atoms with Crippen LogP contribution in [-0.2, 0) is 14.9 Å². The number of nitrogens with zero attached hydrogens (tertiary/aromatic N) is 2. The van der Waals surface area contributed by atoms with E-state index in [9.17, 15) is 18.8 Å². The Balaban J connectivity index is 1.71. The molecule has 1 saturated carbocycles. The Morgan fingerprint density at radius 2 is 2.03 bits per heavy atom. The Labute approximate surface area is 175 Å². The molecule has 1 aliphatic carbocycles. The average Bonchev–Trinajstić information content (AvgIpc) is 3.54. The van der Waals surface area contributed by atoms with Crippen molar-refractivity contribution < 1.29 is 27.8 Å². The molecule has 1 aromatic rings. The third kappa shape index (κ3) is 5.82. The second-order valence-corrected chi connectivity index (χ2v) is 7.90. The van der Waals surface area contributed by atoms with E-state index in [0.717, 1.165) is 12.0 Å². The summed E-state index contributed by atoms with van der Waals surface area (Å²) in [6, 6.07) is 7.20. The molecule has 0 unspecified atom stereocenters. The number of likely N-dealkylation sites (tertiary alicyclic amines) is 1. The lowest BCUT2D eigenvalue weighted by Crippen LogP contribution is -2.44. The van der Waals surface area contributed by atoms with Crippen LogP contribution in [0.4, 0.5) is 8.78 Å². The van der Waals surface area contributed by atoms with Crippen molar-refractivity contribution in [1.29, 1.82) is 5.26 Å². The molecule has 164 valence electrons. The van der Waals surface area contributed by atoms with E-state index in [-0.39, 0.29) is 24.0 Å². The van der Waals surface area contributed by atoms with Crippen LogP contribution in [0.1, 0.15) is 44.6 Å². The molecule has 0 radical (unpaired) electrons. The summed E-state index contributed by atoms with van der Waals surface area (Å²) >= 11 is 0. The Hall–Kier alpha value is -2.40. The van der Waals surface area contributed by atoms with Gasteiger partial charge in [-0.25, -0.2) is 0 Å². The quantitative estimate of drug-likeness (QED) is 0.533. The summed E-state index contributed by atoms with van der Waals surface area (Å²) in [5.74, 6) is 0.609. The van der Waals surface area contributed by atoms with Gasteiger partial charge in [-0.3, -0.25) is 9.69 Å². The number of hydrogen-bond donors (Lipinski definition) is 0. The number of alkyl halides is 2. The summed E-state index contributed by atoms with van der Waals surface area (Å²) in [6.45, 7) is 0.926. The first-order chi connectivity index (χ1) is 14.5. The van der Waals surface area contributed by atoms with E-state index in [4.69, 9.17) is 9.47 Å². The van der Waals surface area contributed by atoms with E-state index in [1.165, 1.54) is 18.9 Å². The number of rotatable bonds is 10. The van der Waals surface area contributed by atoms with Gasteiger partial charge in [0.1, 0.15) is 0 Å². The first-order valence-corrected chi connectivity index (χ1v) is 10.5. The number of nitriles is 1. The summed E-state index contributed by atoms with van der Waals surface area (Å²) in [5, 5.41) is 9.96. The number of ether oxygens (including phenoxy) is 3.